The zero-order valence-corrected chi connectivity index (χ0v) is 8.98. The minimum atomic E-state index is -0.0548. The Labute approximate surface area is 94.2 Å². The van der Waals surface area contributed by atoms with Crippen molar-refractivity contribution in [3.05, 3.63) is 18.2 Å². The second-order valence-electron chi connectivity index (χ2n) is 3.66. The van der Waals surface area contributed by atoms with E-state index >= 15 is 0 Å². The molecule has 0 amide bonds. The molecule has 5 nitrogen and oxygen atoms in total. The molecule has 4 N–H and O–H groups in total. The summed E-state index contributed by atoms with van der Waals surface area (Å²) >= 11 is 0. The second kappa shape index (κ2) is 5.05. The standard InChI is InChI=1S/C11H16N2O3/c12-8-1-2-11-10(5-8)13-6-9(7-16-11)15-4-3-14/h1-2,5,9,13-14H,3-4,6-7,12H2/t9-/m0/s1. The van der Waals surface area contributed by atoms with E-state index in [1.807, 2.05) is 12.1 Å². The van der Waals surface area contributed by atoms with Gasteiger partial charge in [0.15, 0.2) is 0 Å². The molecule has 0 saturated heterocycles. The van der Waals surface area contributed by atoms with Crippen molar-refractivity contribution in [3.8, 4) is 5.75 Å². The Balaban J connectivity index is 2.01. The Morgan fingerprint density at radius 3 is 3.25 bits per heavy atom. The number of rotatable bonds is 3. The van der Waals surface area contributed by atoms with E-state index < -0.39 is 0 Å². The first-order chi connectivity index (χ1) is 7.79. The van der Waals surface area contributed by atoms with E-state index in [-0.39, 0.29) is 12.7 Å². The van der Waals surface area contributed by atoms with Crippen LogP contribution in [0, 0.1) is 0 Å². The number of benzene rings is 1. The van der Waals surface area contributed by atoms with Crippen LogP contribution in [0.2, 0.25) is 0 Å². The van der Waals surface area contributed by atoms with Gasteiger partial charge in [-0.3, -0.25) is 0 Å². The van der Waals surface area contributed by atoms with E-state index in [1.165, 1.54) is 0 Å². The number of fused-ring (bicyclic) bond motifs is 1. The molecule has 16 heavy (non-hydrogen) atoms. The number of aliphatic hydroxyl groups excluding tert-OH is 1. The molecule has 88 valence electrons. The first kappa shape index (κ1) is 11.0. The van der Waals surface area contributed by atoms with Crippen LogP contribution in [-0.4, -0.2) is 37.6 Å². The molecule has 0 radical (unpaired) electrons. The number of nitrogens with one attached hydrogen (secondary N) is 1. The molecule has 1 aromatic carbocycles. The third-order valence-corrected chi connectivity index (χ3v) is 2.39. The molecule has 0 fully saturated rings. The molecular formula is C11H16N2O3. The molecule has 1 aliphatic heterocycles. The maximum absolute atomic E-state index is 8.67. The largest absolute Gasteiger partial charge is 0.489 e. The van der Waals surface area contributed by atoms with Crippen molar-refractivity contribution in [2.24, 2.45) is 0 Å². The van der Waals surface area contributed by atoms with E-state index in [1.54, 1.807) is 6.07 Å². The van der Waals surface area contributed by atoms with Crippen LogP contribution in [0.1, 0.15) is 0 Å². The van der Waals surface area contributed by atoms with Crippen molar-refractivity contribution in [2.45, 2.75) is 6.10 Å². The van der Waals surface area contributed by atoms with E-state index in [0.29, 0.717) is 25.4 Å². The van der Waals surface area contributed by atoms with Gasteiger partial charge in [-0.1, -0.05) is 0 Å². The number of hydrogen-bond acceptors (Lipinski definition) is 5. The highest BCUT2D eigenvalue weighted by Gasteiger charge is 2.16. The van der Waals surface area contributed by atoms with Crippen molar-refractivity contribution >= 4 is 11.4 Å². The second-order valence-corrected chi connectivity index (χ2v) is 3.66. The van der Waals surface area contributed by atoms with E-state index in [9.17, 15) is 0 Å². The zero-order chi connectivity index (χ0) is 11.4. The van der Waals surface area contributed by atoms with Crippen molar-refractivity contribution in [3.63, 3.8) is 0 Å². The molecule has 0 bridgehead atoms. The molecule has 1 atom stereocenters. The van der Waals surface area contributed by atoms with Gasteiger partial charge in [-0.2, -0.15) is 0 Å². The molecule has 0 aromatic heterocycles. The molecule has 0 saturated carbocycles. The van der Waals surface area contributed by atoms with Gasteiger partial charge < -0.3 is 25.6 Å². The van der Waals surface area contributed by atoms with Crippen molar-refractivity contribution in [2.75, 3.05) is 37.4 Å². The lowest BCUT2D eigenvalue weighted by molar-refractivity contribution is 0.0124. The van der Waals surface area contributed by atoms with Crippen molar-refractivity contribution in [1.82, 2.24) is 0 Å². The molecule has 1 heterocycles. The Bertz CT molecular complexity index is 357. The van der Waals surface area contributed by atoms with Crippen LogP contribution in [0.5, 0.6) is 5.75 Å². The fourth-order valence-electron chi connectivity index (χ4n) is 1.60. The third-order valence-electron chi connectivity index (χ3n) is 2.39. The molecule has 0 unspecified atom stereocenters. The van der Waals surface area contributed by atoms with Crippen LogP contribution >= 0.6 is 0 Å². The molecular weight excluding hydrogens is 208 g/mol. The zero-order valence-electron chi connectivity index (χ0n) is 8.98. The van der Waals surface area contributed by atoms with E-state index in [0.717, 1.165) is 11.4 Å². The normalized spacial score (nSPS) is 19.2. The summed E-state index contributed by atoms with van der Waals surface area (Å²) in [6, 6.07) is 5.48. The monoisotopic (exact) mass is 224 g/mol. The first-order valence-electron chi connectivity index (χ1n) is 5.28. The summed E-state index contributed by atoms with van der Waals surface area (Å²) in [5.41, 5.74) is 7.27. The van der Waals surface area contributed by atoms with Gasteiger partial charge in [0.05, 0.1) is 18.9 Å². The van der Waals surface area contributed by atoms with Crippen LogP contribution < -0.4 is 15.8 Å². The van der Waals surface area contributed by atoms with Crippen LogP contribution in [0.3, 0.4) is 0 Å². The van der Waals surface area contributed by atoms with E-state index in [2.05, 4.69) is 5.32 Å². The number of nitrogen functional groups attached to an aromatic ring is 1. The van der Waals surface area contributed by atoms with Crippen LogP contribution in [0.15, 0.2) is 18.2 Å². The predicted molar refractivity (Wildman–Crippen MR) is 61.7 cm³/mol. The summed E-state index contributed by atoms with van der Waals surface area (Å²) in [5.74, 6) is 0.782. The molecule has 5 heteroatoms. The maximum Gasteiger partial charge on any atom is 0.142 e. The summed E-state index contributed by atoms with van der Waals surface area (Å²) in [5, 5.41) is 11.9. The molecule has 1 aliphatic rings. The Morgan fingerprint density at radius 2 is 2.44 bits per heavy atom. The third kappa shape index (κ3) is 2.56. The lowest BCUT2D eigenvalue weighted by Crippen LogP contribution is -2.28. The minimum absolute atomic E-state index is 0.0242. The summed E-state index contributed by atoms with van der Waals surface area (Å²) in [6.07, 6.45) is -0.0548. The van der Waals surface area contributed by atoms with Gasteiger partial charge in [-0.15, -0.1) is 0 Å². The maximum atomic E-state index is 8.67. The van der Waals surface area contributed by atoms with Gasteiger partial charge >= 0.3 is 0 Å². The van der Waals surface area contributed by atoms with Gasteiger partial charge in [0.25, 0.3) is 0 Å². The van der Waals surface area contributed by atoms with Crippen LogP contribution in [0.4, 0.5) is 11.4 Å². The first-order valence-corrected chi connectivity index (χ1v) is 5.28. The number of anilines is 2. The van der Waals surface area contributed by atoms with Gasteiger partial charge in [-0.05, 0) is 18.2 Å². The minimum Gasteiger partial charge on any atom is -0.489 e. The Morgan fingerprint density at radius 1 is 1.56 bits per heavy atom. The molecule has 2 rings (SSSR count). The number of ether oxygens (including phenoxy) is 2. The highest BCUT2D eigenvalue weighted by molar-refractivity contribution is 5.63. The van der Waals surface area contributed by atoms with Gasteiger partial charge in [0.2, 0.25) is 0 Å². The topological polar surface area (TPSA) is 76.7 Å². The fourth-order valence-corrected chi connectivity index (χ4v) is 1.60. The molecule has 0 spiro atoms. The molecule has 1 aromatic rings. The van der Waals surface area contributed by atoms with Crippen molar-refractivity contribution in [1.29, 1.82) is 0 Å². The smallest absolute Gasteiger partial charge is 0.142 e. The average molecular weight is 224 g/mol. The average Bonchev–Trinajstić information content (AvgIpc) is 2.48. The van der Waals surface area contributed by atoms with Crippen LogP contribution in [0.25, 0.3) is 0 Å². The SMILES string of the molecule is Nc1ccc2c(c1)NC[C@H](OCCO)CO2. The van der Waals surface area contributed by atoms with Gasteiger partial charge in [0, 0.05) is 12.2 Å². The molecule has 0 aliphatic carbocycles. The summed E-state index contributed by atoms with van der Waals surface area (Å²) in [7, 11) is 0. The highest BCUT2D eigenvalue weighted by Crippen LogP contribution is 2.28. The van der Waals surface area contributed by atoms with Crippen molar-refractivity contribution < 1.29 is 14.6 Å². The fraction of sp³-hybridized carbons (Fsp3) is 0.455. The summed E-state index contributed by atoms with van der Waals surface area (Å²) < 4.78 is 11.0. The van der Waals surface area contributed by atoms with Crippen LogP contribution in [-0.2, 0) is 4.74 Å². The summed E-state index contributed by atoms with van der Waals surface area (Å²) in [4.78, 5) is 0. The Kier molecular flexibility index (Phi) is 3.48. The number of hydrogen-bond donors (Lipinski definition) is 3. The predicted octanol–water partition coefficient (Wildman–Crippen LogP) is 0.451. The lowest BCUT2D eigenvalue weighted by Gasteiger charge is -2.13. The van der Waals surface area contributed by atoms with Gasteiger partial charge in [-0.25, -0.2) is 0 Å². The number of nitrogens with two attached hydrogens (primary N) is 1. The van der Waals surface area contributed by atoms with E-state index in [4.69, 9.17) is 20.3 Å². The van der Waals surface area contributed by atoms with Gasteiger partial charge in [0.1, 0.15) is 18.5 Å². The number of aliphatic hydroxyl groups is 1. The quantitative estimate of drug-likeness (QED) is 0.650. The lowest BCUT2D eigenvalue weighted by atomic mass is 10.2. The Hall–Kier alpha value is -1.46. The summed E-state index contributed by atoms with van der Waals surface area (Å²) in [6.45, 7) is 1.48. The highest BCUT2D eigenvalue weighted by atomic mass is 16.5.